The monoisotopic (exact) mass is 244 g/mol. The Morgan fingerprint density at radius 2 is 0.833 bits per heavy atom. The van der Waals surface area contributed by atoms with Crippen LogP contribution in [-0.2, 0) is 12.8 Å². The van der Waals surface area contributed by atoms with E-state index in [0.29, 0.717) is 10.8 Å². The summed E-state index contributed by atoms with van der Waals surface area (Å²) in [5.41, 5.74) is 10.1. The zero-order chi connectivity index (χ0) is 13.9. The molecule has 100 valence electrons. The van der Waals surface area contributed by atoms with E-state index in [1.807, 2.05) is 0 Å². The summed E-state index contributed by atoms with van der Waals surface area (Å²) in [5, 5.41) is 0. The van der Waals surface area contributed by atoms with Gasteiger partial charge in [-0.2, -0.15) is 0 Å². The van der Waals surface area contributed by atoms with Crippen molar-refractivity contribution in [3.05, 3.63) is 33.4 Å². The molecule has 0 saturated heterocycles. The summed E-state index contributed by atoms with van der Waals surface area (Å²) in [7, 11) is 0. The molecule has 0 saturated carbocycles. The number of rotatable bonds is 0. The van der Waals surface area contributed by atoms with Crippen LogP contribution in [0.4, 0.5) is 0 Å². The van der Waals surface area contributed by atoms with Crippen LogP contribution >= 0.6 is 0 Å². The molecule has 0 aromatic heterocycles. The van der Waals surface area contributed by atoms with E-state index in [1.54, 1.807) is 11.1 Å². The Morgan fingerprint density at radius 3 is 1.11 bits per heavy atom. The lowest BCUT2D eigenvalue weighted by Gasteiger charge is -2.48. The second-order valence-corrected chi connectivity index (χ2v) is 7.58. The molecule has 0 spiro atoms. The van der Waals surface area contributed by atoms with E-state index in [9.17, 15) is 0 Å². The van der Waals surface area contributed by atoms with Gasteiger partial charge in [0.05, 0.1) is 0 Å². The highest BCUT2D eigenvalue weighted by Gasteiger charge is 2.42. The average molecular weight is 244 g/mol. The Hall–Kier alpha value is -0.780. The molecule has 0 fully saturated rings. The minimum absolute atomic E-state index is 0.388. The summed E-state index contributed by atoms with van der Waals surface area (Å²) < 4.78 is 0. The molecule has 0 atom stereocenters. The Labute approximate surface area is 113 Å². The Kier molecular flexibility index (Phi) is 2.92. The minimum atomic E-state index is 0.388. The molecule has 0 heterocycles. The Balaban J connectivity index is 2.71. The van der Waals surface area contributed by atoms with Crippen LogP contribution in [0, 0.1) is 38.5 Å². The van der Waals surface area contributed by atoms with Crippen molar-refractivity contribution in [1.29, 1.82) is 0 Å². The first kappa shape index (κ1) is 13.6. The SMILES string of the molecule is Cc1c(C)c(C)c2c(c1C)CC(C)(C)C(C)(C)C2. The van der Waals surface area contributed by atoms with Gasteiger partial charge in [-0.05, 0) is 84.7 Å². The third-order valence-corrected chi connectivity index (χ3v) is 6.03. The fourth-order valence-corrected chi connectivity index (χ4v) is 3.31. The van der Waals surface area contributed by atoms with Crippen LogP contribution in [-0.4, -0.2) is 0 Å². The van der Waals surface area contributed by atoms with Crippen LogP contribution in [0.2, 0.25) is 0 Å². The summed E-state index contributed by atoms with van der Waals surface area (Å²) >= 11 is 0. The maximum atomic E-state index is 2.43. The van der Waals surface area contributed by atoms with Crippen molar-refractivity contribution in [2.75, 3.05) is 0 Å². The first-order valence-corrected chi connectivity index (χ1v) is 7.16. The van der Waals surface area contributed by atoms with Crippen LogP contribution in [0.3, 0.4) is 0 Å². The molecule has 2 rings (SSSR count). The van der Waals surface area contributed by atoms with Crippen LogP contribution in [0.25, 0.3) is 0 Å². The second-order valence-electron chi connectivity index (χ2n) is 7.58. The molecule has 0 N–H and O–H groups in total. The topological polar surface area (TPSA) is 0 Å². The van der Waals surface area contributed by atoms with Crippen molar-refractivity contribution in [3.63, 3.8) is 0 Å². The number of fused-ring (bicyclic) bond motifs is 1. The summed E-state index contributed by atoms with van der Waals surface area (Å²) in [4.78, 5) is 0. The van der Waals surface area contributed by atoms with Gasteiger partial charge in [-0.25, -0.2) is 0 Å². The normalized spacial score (nSPS) is 20.7. The summed E-state index contributed by atoms with van der Waals surface area (Å²) in [6, 6.07) is 0. The van der Waals surface area contributed by atoms with E-state index in [2.05, 4.69) is 55.4 Å². The molecule has 0 amide bonds. The van der Waals surface area contributed by atoms with Gasteiger partial charge < -0.3 is 0 Å². The van der Waals surface area contributed by atoms with Gasteiger partial charge in [0.2, 0.25) is 0 Å². The number of hydrogen-bond acceptors (Lipinski definition) is 0. The van der Waals surface area contributed by atoms with Gasteiger partial charge in [-0.15, -0.1) is 0 Å². The Bertz CT molecular complexity index is 455. The van der Waals surface area contributed by atoms with Crippen molar-refractivity contribution < 1.29 is 0 Å². The molecular formula is C18H28. The third kappa shape index (κ3) is 1.73. The largest absolute Gasteiger partial charge is 0.0591 e. The zero-order valence-electron chi connectivity index (χ0n) is 13.4. The lowest BCUT2D eigenvalue weighted by atomic mass is 9.57. The van der Waals surface area contributed by atoms with E-state index in [-0.39, 0.29) is 0 Å². The maximum absolute atomic E-state index is 2.43. The molecule has 0 bridgehead atoms. The molecule has 1 aromatic rings. The highest BCUT2D eigenvalue weighted by Crippen LogP contribution is 2.50. The molecule has 1 aromatic carbocycles. The van der Waals surface area contributed by atoms with Gasteiger partial charge in [-0.3, -0.25) is 0 Å². The molecule has 0 nitrogen and oxygen atoms in total. The van der Waals surface area contributed by atoms with Crippen LogP contribution in [0.1, 0.15) is 61.1 Å². The highest BCUT2D eigenvalue weighted by molar-refractivity contribution is 5.52. The highest BCUT2D eigenvalue weighted by atomic mass is 14.5. The predicted molar refractivity (Wildman–Crippen MR) is 80.4 cm³/mol. The van der Waals surface area contributed by atoms with Gasteiger partial charge >= 0.3 is 0 Å². The molecule has 0 aliphatic heterocycles. The summed E-state index contributed by atoms with van der Waals surface area (Å²) in [6.07, 6.45) is 2.45. The molecule has 1 aliphatic carbocycles. The number of benzene rings is 1. The fourth-order valence-electron chi connectivity index (χ4n) is 3.31. The second kappa shape index (κ2) is 3.85. The quantitative estimate of drug-likeness (QED) is 0.597. The molecule has 1 aliphatic rings. The van der Waals surface area contributed by atoms with Crippen LogP contribution in [0.15, 0.2) is 0 Å². The predicted octanol–water partition coefficient (Wildman–Crippen LogP) is 5.07. The fraction of sp³-hybridized carbons (Fsp3) is 0.667. The minimum Gasteiger partial charge on any atom is -0.0591 e. The lowest BCUT2D eigenvalue weighted by Crippen LogP contribution is -2.41. The molecular weight excluding hydrogens is 216 g/mol. The van der Waals surface area contributed by atoms with Gasteiger partial charge in [-0.1, -0.05) is 27.7 Å². The van der Waals surface area contributed by atoms with E-state index in [1.165, 1.54) is 35.1 Å². The summed E-state index contributed by atoms with van der Waals surface area (Å²) in [6.45, 7) is 18.9. The first-order chi connectivity index (χ1) is 8.08. The van der Waals surface area contributed by atoms with Crippen molar-refractivity contribution >= 4 is 0 Å². The van der Waals surface area contributed by atoms with Crippen molar-refractivity contribution in [3.8, 4) is 0 Å². The van der Waals surface area contributed by atoms with E-state index in [4.69, 9.17) is 0 Å². The first-order valence-electron chi connectivity index (χ1n) is 7.16. The van der Waals surface area contributed by atoms with Gasteiger partial charge in [0, 0.05) is 0 Å². The molecule has 0 unspecified atom stereocenters. The third-order valence-electron chi connectivity index (χ3n) is 6.03. The van der Waals surface area contributed by atoms with Crippen LogP contribution in [0.5, 0.6) is 0 Å². The van der Waals surface area contributed by atoms with Crippen molar-refractivity contribution in [2.45, 2.75) is 68.2 Å². The van der Waals surface area contributed by atoms with Crippen molar-refractivity contribution in [1.82, 2.24) is 0 Å². The van der Waals surface area contributed by atoms with E-state index < -0.39 is 0 Å². The molecule has 0 radical (unpaired) electrons. The maximum Gasteiger partial charge on any atom is -0.0216 e. The average Bonchev–Trinajstić information content (AvgIpc) is 2.26. The molecule has 18 heavy (non-hydrogen) atoms. The van der Waals surface area contributed by atoms with Gasteiger partial charge in [0.1, 0.15) is 0 Å². The zero-order valence-corrected chi connectivity index (χ0v) is 13.4. The van der Waals surface area contributed by atoms with Crippen LogP contribution < -0.4 is 0 Å². The van der Waals surface area contributed by atoms with Crippen molar-refractivity contribution in [2.24, 2.45) is 10.8 Å². The van der Waals surface area contributed by atoms with E-state index in [0.717, 1.165) is 0 Å². The van der Waals surface area contributed by atoms with Gasteiger partial charge in [0.15, 0.2) is 0 Å². The lowest BCUT2D eigenvalue weighted by molar-refractivity contribution is 0.0959. The van der Waals surface area contributed by atoms with Gasteiger partial charge in [0.25, 0.3) is 0 Å². The smallest absolute Gasteiger partial charge is 0.0216 e. The molecule has 0 heteroatoms. The van der Waals surface area contributed by atoms with E-state index >= 15 is 0 Å². The Morgan fingerprint density at radius 1 is 0.556 bits per heavy atom. The standard InChI is InChI=1S/C18H28/c1-11-12(2)14(4)16-10-18(7,8)17(5,6)9-15(16)13(11)3/h9-10H2,1-8H3. The summed E-state index contributed by atoms with van der Waals surface area (Å²) in [5.74, 6) is 0. The number of hydrogen-bond donors (Lipinski definition) is 0.